The van der Waals surface area contributed by atoms with Crippen LogP contribution in [-0.4, -0.2) is 19.6 Å². The van der Waals surface area contributed by atoms with Crippen molar-refractivity contribution in [2.45, 2.75) is 6.61 Å². The first-order valence-corrected chi connectivity index (χ1v) is 4.84. The van der Waals surface area contributed by atoms with Gasteiger partial charge in [-0.3, -0.25) is 4.57 Å². The number of aromatic nitrogens is 3. The fourth-order valence-electron chi connectivity index (χ4n) is 1.21. The SMILES string of the molecule is OCc1cc(Br)cnc1-n1ccnc1. The van der Waals surface area contributed by atoms with Gasteiger partial charge in [-0.15, -0.1) is 0 Å². The summed E-state index contributed by atoms with van der Waals surface area (Å²) in [4.78, 5) is 8.13. The van der Waals surface area contributed by atoms with Crippen molar-refractivity contribution in [2.24, 2.45) is 0 Å². The average Bonchev–Trinajstić information content (AvgIpc) is 2.70. The number of pyridine rings is 1. The van der Waals surface area contributed by atoms with Crippen molar-refractivity contribution in [3.05, 3.63) is 41.0 Å². The summed E-state index contributed by atoms with van der Waals surface area (Å²) < 4.78 is 2.61. The first-order valence-electron chi connectivity index (χ1n) is 4.05. The summed E-state index contributed by atoms with van der Waals surface area (Å²) in [6.45, 7) is -0.0417. The molecule has 14 heavy (non-hydrogen) atoms. The molecule has 0 radical (unpaired) electrons. The van der Waals surface area contributed by atoms with Crippen molar-refractivity contribution in [3.8, 4) is 5.82 Å². The molecule has 2 aromatic rings. The summed E-state index contributed by atoms with van der Waals surface area (Å²) >= 11 is 3.30. The third kappa shape index (κ3) is 1.69. The zero-order valence-corrected chi connectivity index (χ0v) is 8.85. The summed E-state index contributed by atoms with van der Waals surface area (Å²) in [5, 5.41) is 9.15. The molecule has 0 saturated carbocycles. The Morgan fingerprint density at radius 1 is 1.50 bits per heavy atom. The van der Waals surface area contributed by atoms with E-state index in [1.165, 1.54) is 0 Å². The number of aliphatic hydroxyl groups excluding tert-OH is 1. The number of rotatable bonds is 2. The topological polar surface area (TPSA) is 50.9 Å². The minimum atomic E-state index is -0.0417. The average molecular weight is 254 g/mol. The second-order valence-electron chi connectivity index (χ2n) is 2.76. The standard InChI is InChI=1S/C9H8BrN3O/c10-8-3-7(5-14)9(12-4-8)13-2-1-11-6-13/h1-4,6,14H,5H2. The Hall–Kier alpha value is -1.20. The quantitative estimate of drug-likeness (QED) is 0.883. The van der Waals surface area contributed by atoms with Gasteiger partial charge in [0.05, 0.1) is 6.61 Å². The van der Waals surface area contributed by atoms with Crippen LogP contribution in [0.25, 0.3) is 5.82 Å². The zero-order valence-electron chi connectivity index (χ0n) is 7.26. The predicted molar refractivity (Wildman–Crippen MR) is 55.0 cm³/mol. The van der Waals surface area contributed by atoms with Crippen LogP contribution >= 0.6 is 15.9 Å². The highest BCUT2D eigenvalue weighted by molar-refractivity contribution is 9.10. The van der Waals surface area contributed by atoms with E-state index in [0.717, 1.165) is 10.0 Å². The van der Waals surface area contributed by atoms with E-state index in [-0.39, 0.29) is 6.61 Å². The Morgan fingerprint density at radius 3 is 3.00 bits per heavy atom. The van der Waals surface area contributed by atoms with Gasteiger partial charge in [-0.2, -0.15) is 0 Å². The lowest BCUT2D eigenvalue weighted by Gasteiger charge is -2.06. The second kappa shape index (κ2) is 3.89. The number of hydrogen-bond donors (Lipinski definition) is 1. The molecular formula is C9H8BrN3O. The molecule has 4 nitrogen and oxygen atoms in total. The monoisotopic (exact) mass is 253 g/mol. The van der Waals surface area contributed by atoms with Crippen LogP contribution in [0.3, 0.4) is 0 Å². The third-order valence-electron chi connectivity index (χ3n) is 1.83. The van der Waals surface area contributed by atoms with Gasteiger partial charge < -0.3 is 5.11 Å². The molecule has 1 N–H and O–H groups in total. The highest BCUT2D eigenvalue weighted by Gasteiger charge is 2.05. The van der Waals surface area contributed by atoms with Crippen LogP contribution in [0.2, 0.25) is 0 Å². The van der Waals surface area contributed by atoms with Crippen molar-refractivity contribution < 1.29 is 5.11 Å². The van der Waals surface area contributed by atoms with E-state index in [1.807, 2.05) is 6.07 Å². The maximum absolute atomic E-state index is 9.15. The lowest BCUT2D eigenvalue weighted by molar-refractivity contribution is 0.281. The number of nitrogens with zero attached hydrogens (tertiary/aromatic N) is 3. The normalized spacial score (nSPS) is 10.4. The lowest BCUT2D eigenvalue weighted by Crippen LogP contribution is -2.00. The minimum absolute atomic E-state index is 0.0417. The first-order chi connectivity index (χ1) is 6.81. The smallest absolute Gasteiger partial charge is 0.143 e. The lowest BCUT2D eigenvalue weighted by atomic mass is 10.3. The maximum atomic E-state index is 9.15. The Kier molecular flexibility index (Phi) is 2.60. The molecule has 0 saturated heterocycles. The molecule has 2 rings (SSSR count). The van der Waals surface area contributed by atoms with Crippen LogP contribution < -0.4 is 0 Å². The minimum Gasteiger partial charge on any atom is -0.392 e. The van der Waals surface area contributed by atoms with Crippen molar-refractivity contribution in [2.75, 3.05) is 0 Å². The van der Waals surface area contributed by atoms with Crippen LogP contribution in [-0.2, 0) is 6.61 Å². The van der Waals surface area contributed by atoms with E-state index in [9.17, 15) is 0 Å². The molecule has 0 aliphatic heterocycles. The summed E-state index contributed by atoms with van der Waals surface area (Å²) in [5.74, 6) is 0.702. The van der Waals surface area contributed by atoms with Gasteiger partial charge in [0.2, 0.25) is 0 Å². The maximum Gasteiger partial charge on any atom is 0.143 e. The van der Waals surface area contributed by atoms with E-state index in [2.05, 4.69) is 25.9 Å². The molecule has 0 spiro atoms. The molecule has 72 valence electrons. The molecule has 0 unspecified atom stereocenters. The molecule has 0 bridgehead atoms. The van der Waals surface area contributed by atoms with E-state index in [1.54, 1.807) is 29.5 Å². The van der Waals surface area contributed by atoms with Gasteiger partial charge in [0.1, 0.15) is 12.1 Å². The van der Waals surface area contributed by atoms with Crippen molar-refractivity contribution in [1.82, 2.24) is 14.5 Å². The Bertz CT molecular complexity index is 428. The fourth-order valence-corrected chi connectivity index (χ4v) is 1.59. The van der Waals surface area contributed by atoms with Crippen LogP contribution in [0, 0.1) is 0 Å². The molecular weight excluding hydrogens is 246 g/mol. The van der Waals surface area contributed by atoms with E-state index < -0.39 is 0 Å². The molecule has 0 aromatic carbocycles. The Morgan fingerprint density at radius 2 is 2.36 bits per heavy atom. The van der Waals surface area contributed by atoms with Crippen LogP contribution in [0.5, 0.6) is 0 Å². The summed E-state index contributed by atoms with van der Waals surface area (Å²) in [6.07, 6.45) is 6.80. The summed E-state index contributed by atoms with van der Waals surface area (Å²) in [5.41, 5.74) is 0.761. The number of halogens is 1. The van der Waals surface area contributed by atoms with Gasteiger partial charge in [0.15, 0.2) is 0 Å². The van der Waals surface area contributed by atoms with Crippen LogP contribution in [0.4, 0.5) is 0 Å². The molecule has 0 amide bonds. The van der Waals surface area contributed by atoms with Crippen LogP contribution in [0.15, 0.2) is 35.5 Å². The molecule has 2 aromatic heterocycles. The fraction of sp³-hybridized carbons (Fsp3) is 0.111. The van der Waals surface area contributed by atoms with Gasteiger partial charge in [0, 0.05) is 28.6 Å². The third-order valence-corrected chi connectivity index (χ3v) is 2.26. The summed E-state index contributed by atoms with van der Waals surface area (Å²) in [7, 11) is 0. The van der Waals surface area contributed by atoms with Gasteiger partial charge >= 0.3 is 0 Å². The predicted octanol–water partition coefficient (Wildman–Crippen LogP) is 1.52. The van der Waals surface area contributed by atoms with Crippen molar-refractivity contribution in [1.29, 1.82) is 0 Å². The summed E-state index contributed by atoms with van der Waals surface area (Å²) in [6, 6.07) is 1.84. The van der Waals surface area contributed by atoms with Gasteiger partial charge in [-0.25, -0.2) is 9.97 Å². The van der Waals surface area contributed by atoms with Crippen molar-refractivity contribution in [3.63, 3.8) is 0 Å². The number of aliphatic hydroxyl groups is 1. The highest BCUT2D eigenvalue weighted by atomic mass is 79.9. The highest BCUT2D eigenvalue weighted by Crippen LogP contribution is 2.16. The van der Waals surface area contributed by atoms with E-state index >= 15 is 0 Å². The van der Waals surface area contributed by atoms with Gasteiger partial charge in [-0.05, 0) is 22.0 Å². The van der Waals surface area contributed by atoms with E-state index in [0.29, 0.717) is 5.82 Å². The van der Waals surface area contributed by atoms with E-state index in [4.69, 9.17) is 5.11 Å². The molecule has 0 atom stereocenters. The number of imidazole rings is 1. The first kappa shape index (κ1) is 9.36. The van der Waals surface area contributed by atoms with Crippen LogP contribution in [0.1, 0.15) is 5.56 Å². The zero-order chi connectivity index (χ0) is 9.97. The van der Waals surface area contributed by atoms with Crippen molar-refractivity contribution >= 4 is 15.9 Å². The Balaban J connectivity index is 2.53. The second-order valence-corrected chi connectivity index (χ2v) is 3.68. The molecule has 0 aliphatic carbocycles. The molecule has 5 heteroatoms. The largest absolute Gasteiger partial charge is 0.392 e. The molecule has 0 aliphatic rings. The van der Waals surface area contributed by atoms with Gasteiger partial charge in [-0.1, -0.05) is 0 Å². The Labute approximate surface area is 89.4 Å². The number of hydrogen-bond acceptors (Lipinski definition) is 3. The van der Waals surface area contributed by atoms with Gasteiger partial charge in [0.25, 0.3) is 0 Å². The molecule has 2 heterocycles. The molecule has 0 fully saturated rings.